The normalized spacial score (nSPS) is 50.9. The Labute approximate surface area is 134 Å². The molecule has 4 aliphatic carbocycles. The van der Waals surface area contributed by atoms with E-state index in [4.69, 9.17) is 0 Å². The van der Waals surface area contributed by atoms with E-state index in [0.717, 1.165) is 43.9 Å². The summed E-state index contributed by atoms with van der Waals surface area (Å²) in [4.78, 5) is 11.7. The molecule has 6 atom stereocenters. The molecule has 0 aromatic carbocycles. The van der Waals surface area contributed by atoms with Gasteiger partial charge in [-0.3, -0.25) is 4.79 Å². The zero-order chi connectivity index (χ0) is 15.5. The molecule has 0 bridgehead atoms. The number of carbonyl (C=O) groups excluding carboxylic acids is 1. The van der Waals surface area contributed by atoms with E-state index in [9.17, 15) is 9.90 Å². The third-order valence-electron chi connectivity index (χ3n) is 8.21. The molecule has 3 saturated carbocycles. The van der Waals surface area contributed by atoms with Crippen LogP contribution in [0.25, 0.3) is 0 Å². The lowest BCUT2D eigenvalue weighted by Crippen LogP contribution is -2.52. The van der Waals surface area contributed by atoms with Gasteiger partial charge in [-0.1, -0.05) is 19.4 Å². The highest BCUT2D eigenvalue weighted by molar-refractivity contribution is 5.91. The smallest absolute Gasteiger partial charge is 0.155 e. The molecule has 22 heavy (non-hydrogen) atoms. The predicted molar refractivity (Wildman–Crippen MR) is 87.3 cm³/mol. The number of carbonyl (C=O) groups is 1. The van der Waals surface area contributed by atoms with E-state index in [2.05, 4.69) is 13.8 Å². The summed E-state index contributed by atoms with van der Waals surface area (Å²) in [6.45, 7) is 4.54. The molecular weight excluding hydrogens is 272 g/mol. The van der Waals surface area contributed by atoms with Crippen LogP contribution in [0.15, 0.2) is 11.6 Å². The van der Waals surface area contributed by atoms with Crippen LogP contribution in [0, 0.1) is 29.1 Å². The predicted octanol–water partition coefficient (Wildman–Crippen LogP) is 4.27. The number of aliphatic hydroxyl groups is 1. The van der Waals surface area contributed by atoms with Crippen molar-refractivity contribution in [3.63, 3.8) is 0 Å². The molecule has 0 radical (unpaired) electrons. The van der Waals surface area contributed by atoms with Crippen molar-refractivity contribution in [1.82, 2.24) is 0 Å². The second-order valence-electron chi connectivity index (χ2n) is 8.68. The van der Waals surface area contributed by atoms with E-state index in [1.54, 1.807) is 0 Å². The minimum Gasteiger partial charge on any atom is -0.389 e. The molecule has 6 unspecified atom stereocenters. The Morgan fingerprint density at radius 2 is 1.95 bits per heavy atom. The Bertz CT molecular complexity index is 522. The first-order valence-electron chi connectivity index (χ1n) is 9.44. The molecule has 0 aromatic rings. The van der Waals surface area contributed by atoms with Gasteiger partial charge >= 0.3 is 0 Å². The quantitative estimate of drug-likeness (QED) is 0.785. The first-order valence-corrected chi connectivity index (χ1v) is 9.44. The number of fused-ring (bicyclic) bond motifs is 5. The highest BCUT2D eigenvalue weighted by atomic mass is 16.3. The van der Waals surface area contributed by atoms with E-state index in [1.165, 1.54) is 31.3 Å². The summed E-state index contributed by atoms with van der Waals surface area (Å²) in [6.07, 6.45) is 11.8. The maximum Gasteiger partial charge on any atom is 0.155 e. The van der Waals surface area contributed by atoms with Gasteiger partial charge in [0.1, 0.15) is 0 Å². The average molecular weight is 302 g/mol. The summed E-state index contributed by atoms with van der Waals surface area (Å²) in [6, 6.07) is 0. The van der Waals surface area contributed by atoms with Gasteiger partial charge in [0.05, 0.1) is 5.60 Å². The van der Waals surface area contributed by atoms with E-state index in [-0.39, 0.29) is 5.41 Å². The standard InChI is InChI=1S/C20H30O2/c1-3-20(22)11-9-18-17-6-4-13-12-14(21)5-7-15(13)16(17)8-10-19(18,20)2/h12,15-18,22H,3-11H2,1-2H3. The van der Waals surface area contributed by atoms with Crippen LogP contribution in [0.2, 0.25) is 0 Å². The van der Waals surface area contributed by atoms with Crippen LogP contribution in [-0.4, -0.2) is 16.5 Å². The lowest BCUT2D eigenvalue weighted by Gasteiger charge is -2.55. The monoisotopic (exact) mass is 302 g/mol. The minimum absolute atomic E-state index is 0.134. The molecule has 0 spiro atoms. The van der Waals surface area contributed by atoms with Gasteiger partial charge in [-0.05, 0) is 86.5 Å². The van der Waals surface area contributed by atoms with Gasteiger partial charge in [-0.15, -0.1) is 0 Å². The van der Waals surface area contributed by atoms with Gasteiger partial charge in [0.2, 0.25) is 0 Å². The van der Waals surface area contributed by atoms with Gasteiger partial charge in [-0.2, -0.15) is 0 Å². The number of allylic oxidation sites excluding steroid dienone is 1. The molecule has 0 saturated heterocycles. The van der Waals surface area contributed by atoms with Gasteiger partial charge < -0.3 is 5.11 Å². The fourth-order valence-electron chi connectivity index (χ4n) is 6.87. The minimum atomic E-state index is -0.429. The van der Waals surface area contributed by atoms with Crippen molar-refractivity contribution in [1.29, 1.82) is 0 Å². The van der Waals surface area contributed by atoms with Crippen molar-refractivity contribution in [2.24, 2.45) is 29.1 Å². The fraction of sp³-hybridized carbons (Fsp3) is 0.850. The van der Waals surface area contributed by atoms with E-state index in [1.807, 2.05) is 6.08 Å². The number of hydrogen-bond acceptors (Lipinski definition) is 2. The van der Waals surface area contributed by atoms with Crippen molar-refractivity contribution in [3.05, 3.63) is 11.6 Å². The molecular formula is C20H30O2. The maximum absolute atomic E-state index is 11.7. The third kappa shape index (κ3) is 1.85. The lowest BCUT2D eigenvalue weighted by atomic mass is 9.50. The molecule has 3 fully saturated rings. The van der Waals surface area contributed by atoms with Crippen LogP contribution >= 0.6 is 0 Å². The summed E-state index contributed by atoms with van der Waals surface area (Å²) < 4.78 is 0. The summed E-state index contributed by atoms with van der Waals surface area (Å²) >= 11 is 0. The van der Waals surface area contributed by atoms with Crippen LogP contribution in [-0.2, 0) is 4.79 Å². The second kappa shape index (κ2) is 4.93. The van der Waals surface area contributed by atoms with Crippen molar-refractivity contribution < 1.29 is 9.90 Å². The summed E-state index contributed by atoms with van der Waals surface area (Å²) in [5.74, 6) is 3.30. The van der Waals surface area contributed by atoms with E-state index < -0.39 is 5.60 Å². The number of ketones is 1. The van der Waals surface area contributed by atoms with Crippen LogP contribution in [0.4, 0.5) is 0 Å². The van der Waals surface area contributed by atoms with E-state index >= 15 is 0 Å². The van der Waals surface area contributed by atoms with Crippen molar-refractivity contribution in [2.75, 3.05) is 0 Å². The molecule has 4 rings (SSSR count). The van der Waals surface area contributed by atoms with Gasteiger partial charge in [0.25, 0.3) is 0 Å². The summed E-state index contributed by atoms with van der Waals surface area (Å²) in [5.41, 5.74) is 1.17. The average Bonchev–Trinajstić information content (AvgIpc) is 2.79. The Morgan fingerprint density at radius 1 is 1.14 bits per heavy atom. The molecule has 2 heteroatoms. The molecule has 1 N–H and O–H groups in total. The van der Waals surface area contributed by atoms with Crippen LogP contribution < -0.4 is 0 Å². The Kier molecular flexibility index (Phi) is 3.35. The molecule has 0 aliphatic heterocycles. The van der Waals surface area contributed by atoms with Gasteiger partial charge in [0, 0.05) is 6.42 Å². The summed E-state index contributed by atoms with van der Waals surface area (Å²) in [7, 11) is 0. The Hall–Kier alpha value is -0.630. The maximum atomic E-state index is 11.7. The molecule has 0 heterocycles. The lowest BCUT2D eigenvalue weighted by molar-refractivity contribution is -0.122. The van der Waals surface area contributed by atoms with Crippen molar-refractivity contribution in [2.45, 2.75) is 77.2 Å². The highest BCUT2D eigenvalue weighted by Gasteiger charge is 2.61. The Balaban J connectivity index is 1.63. The molecule has 0 aromatic heterocycles. The molecule has 2 nitrogen and oxygen atoms in total. The fourth-order valence-corrected chi connectivity index (χ4v) is 6.87. The molecule has 0 amide bonds. The van der Waals surface area contributed by atoms with Crippen molar-refractivity contribution in [3.8, 4) is 0 Å². The first-order chi connectivity index (χ1) is 10.5. The van der Waals surface area contributed by atoms with Gasteiger partial charge in [-0.25, -0.2) is 0 Å². The zero-order valence-corrected chi connectivity index (χ0v) is 14.1. The third-order valence-corrected chi connectivity index (χ3v) is 8.21. The highest BCUT2D eigenvalue weighted by Crippen LogP contribution is 2.65. The van der Waals surface area contributed by atoms with Crippen LogP contribution in [0.1, 0.15) is 71.6 Å². The SMILES string of the molecule is CCC1(O)CCC2C3CCC4=CC(=O)CCC4C3CCC21C. The largest absolute Gasteiger partial charge is 0.389 e. The van der Waals surface area contributed by atoms with Crippen LogP contribution in [0.3, 0.4) is 0 Å². The Morgan fingerprint density at radius 3 is 2.73 bits per heavy atom. The molecule has 4 aliphatic rings. The second-order valence-corrected chi connectivity index (χ2v) is 8.68. The van der Waals surface area contributed by atoms with Gasteiger partial charge in [0.15, 0.2) is 5.78 Å². The number of rotatable bonds is 1. The first kappa shape index (κ1) is 14.9. The van der Waals surface area contributed by atoms with E-state index in [0.29, 0.717) is 17.6 Å². The topological polar surface area (TPSA) is 37.3 Å². The summed E-state index contributed by atoms with van der Waals surface area (Å²) in [5, 5.41) is 11.2. The number of hydrogen-bond donors (Lipinski definition) is 1. The molecule has 122 valence electrons. The zero-order valence-electron chi connectivity index (χ0n) is 14.1. The van der Waals surface area contributed by atoms with Crippen molar-refractivity contribution >= 4 is 5.78 Å². The van der Waals surface area contributed by atoms with Crippen LogP contribution in [0.5, 0.6) is 0 Å².